The van der Waals surface area contributed by atoms with Gasteiger partial charge in [0, 0.05) is 11.9 Å². The van der Waals surface area contributed by atoms with Crippen LogP contribution in [-0.4, -0.2) is 16.6 Å². The average Bonchev–Trinajstić information content (AvgIpc) is 2.46. The van der Waals surface area contributed by atoms with Crippen molar-refractivity contribution in [1.29, 1.82) is 0 Å². The summed E-state index contributed by atoms with van der Waals surface area (Å²) in [4.78, 5) is 16.0. The number of aromatic nitrogens is 1. The molecule has 0 saturated carbocycles. The smallest absolute Gasteiger partial charge is 0.273 e. The first kappa shape index (κ1) is 12.8. The summed E-state index contributed by atoms with van der Waals surface area (Å²) >= 11 is 0. The Morgan fingerprint density at radius 1 is 1.21 bits per heavy atom. The van der Waals surface area contributed by atoms with Gasteiger partial charge >= 0.3 is 0 Å². The highest BCUT2D eigenvalue weighted by atomic mass is 16.2. The predicted octanol–water partition coefficient (Wildman–Crippen LogP) is 1.82. The number of carbonyl (C=O) groups excluding carboxylic acids is 1. The number of nitrogens with zero attached hydrogens (tertiary/aromatic N) is 2. The van der Waals surface area contributed by atoms with E-state index >= 15 is 0 Å². The molecule has 1 heterocycles. The fourth-order valence-electron chi connectivity index (χ4n) is 1.53. The fraction of sp³-hybridized carbons (Fsp3) is 0.0714. The van der Waals surface area contributed by atoms with Gasteiger partial charge in [-0.2, -0.15) is 5.10 Å². The van der Waals surface area contributed by atoms with Crippen molar-refractivity contribution in [2.24, 2.45) is 5.10 Å². The number of hydrogen-bond donors (Lipinski definition) is 2. The molecule has 5 heteroatoms. The van der Waals surface area contributed by atoms with Crippen molar-refractivity contribution in [3.05, 3.63) is 59.9 Å². The van der Waals surface area contributed by atoms with Gasteiger partial charge in [-0.15, -0.1) is 0 Å². The summed E-state index contributed by atoms with van der Waals surface area (Å²) in [5.41, 5.74) is 10.3. The van der Waals surface area contributed by atoms with Gasteiger partial charge < -0.3 is 5.73 Å². The van der Waals surface area contributed by atoms with Gasteiger partial charge in [0.2, 0.25) is 0 Å². The predicted molar refractivity (Wildman–Crippen MR) is 74.8 cm³/mol. The zero-order valence-electron chi connectivity index (χ0n) is 10.5. The molecule has 0 radical (unpaired) electrons. The van der Waals surface area contributed by atoms with Gasteiger partial charge in [0.15, 0.2) is 0 Å². The summed E-state index contributed by atoms with van der Waals surface area (Å²) in [5.74, 6) is -0.339. The molecule has 1 aromatic heterocycles. The Labute approximate surface area is 111 Å². The maximum atomic E-state index is 11.9. The SMILES string of the molecule is CC(=NNC(=O)c1ccccc1N)c1ccccn1. The van der Waals surface area contributed by atoms with Crippen LogP contribution in [0.5, 0.6) is 0 Å². The van der Waals surface area contributed by atoms with Crippen LogP contribution < -0.4 is 11.2 Å². The molecule has 0 unspecified atom stereocenters. The second-order valence-electron chi connectivity index (χ2n) is 3.94. The van der Waals surface area contributed by atoms with E-state index in [9.17, 15) is 4.79 Å². The van der Waals surface area contributed by atoms with Gasteiger partial charge in [-0.05, 0) is 31.2 Å². The maximum Gasteiger partial charge on any atom is 0.273 e. The highest BCUT2D eigenvalue weighted by Crippen LogP contribution is 2.09. The summed E-state index contributed by atoms with van der Waals surface area (Å²) < 4.78 is 0. The molecule has 1 aromatic carbocycles. The molecule has 0 bridgehead atoms. The largest absolute Gasteiger partial charge is 0.398 e. The van der Waals surface area contributed by atoms with Gasteiger partial charge in [-0.3, -0.25) is 9.78 Å². The molecule has 0 spiro atoms. The number of nitrogens with two attached hydrogens (primary N) is 1. The van der Waals surface area contributed by atoms with Crippen LogP contribution in [0.15, 0.2) is 53.8 Å². The molecule has 2 aromatic rings. The van der Waals surface area contributed by atoms with E-state index in [-0.39, 0.29) is 5.91 Å². The van der Waals surface area contributed by atoms with E-state index in [0.717, 1.165) is 0 Å². The van der Waals surface area contributed by atoms with E-state index in [1.807, 2.05) is 18.2 Å². The first-order valence-corrected chi connectivity index (χ1v) is 5.79. The van der Waals surface area contributed by atoms with Crippen LogP contribution in [0.25, 0.3) is 0 Å². The monoisotopic (exact) mass is 254 g/mol. The summed E-state index contributed by atoms with van der Waals surface area (Å²) in [5, 5.41) is 4.01. The summed E-state index contributed by atoms with van der Waals surface area (Å²) in [6, 6.07) is 12.3. The number of nitrogens with one attached hydrogen (secondary N) is 1. The number of carbonyl (C=O) groups is 1. The molecule has 0 aliphatic heterocycles. The van der Waals surface area contributed by atoms with Gasteiger partial charge in [0.25, 0.3) is 5.91 Å². The molecule has 3 N–H and O–H groups in total. The minimum Gasteiger partial charge on any atom is -0.398 e. The lowest BCUT2D eigenvalue weighted by atomic mass is 10.2. The van der Waals surface area contributed by atoms with Crippen LogP contribution in [0.4, 0.5) is 5.69 Å². The van der Waals surface area contributed by atoms with Crippen molar-refractivity contribution in [3.63, 3.8) is 0 Å². The van der Waals surface area contributed by atoms with Crippen molar-refractivity contribution in [2.75, 3.05) is 5.73 Å². The Bertz CT molecular complexity index is 608. The maximum absolute atomic E-state index is 11.9. The molecule has 0 saturated heterocycles. The first-order chi connectivity index (χ1) is 9.18. The fourth-order valence-corrected chi connectivity index (χ4v) is 1.53. The van der Waals surface area contributed by atoms with Gasteiger partial charge in [-0.1, -0.05) is 18.2 Å². The minimum absolute atomic E-state index is 0.339. The number of hydrazone groups is 1. The van der Waals surface area contributed by atoms with Crippen molar-refractivity contribution in [2.45, 2.75) is 6.92 Å². The number of amides is 1. The highest BCUT2D eigenvalue weighted by Gasteiger charge is 2.08. The zero-order chi connectivity index (χ0) is 13.7. The van der Waals surface area contributed by atoms with E-state index < -0.39 is 0 Å². The normalized spacial score (nSPS) is 11.1. The van der Waals surface area contributed by atoms with Gasteiger partial charge in [0.05, 0.1) is 17.0 Å². The summed E-state index contributed by atoms with van der Waals surface area (Å²) in [7, 11) is 0. The molecule has 1 amide bonds. The van der Waals surface area contributed by atoms with Crippen LogP contribution in [-0.2, 0) is 0 Å². The molecule has 5 nitrogen and oxygen atoms in total. The number of para-hydroxylation sites is 1. The number of pyridine rings is 1. The minimum atomic E-state index is -0.339. The summed E-state index contributed by atoms with van der Waals surface area (Å²) in [6.07, 6.45) is 1.67. The van der Waals surface area contributed by atoms with Crippen molar-refractivity contribution < 1.29 is 4.79 Å². The number of nitrogen functional groups attached to an aromatic ring is 1. The molecule has 96 valence electrons. The van der Waals surface area contributed by atoms with Crippen LogP contribution in [0, 0.1) is 0 Å². The zero-order valence-corrected chi connectivity index (χ0v) is 10.5. The van der Waals surface area contributed by atoms with E-state index in [4.69, 9.17) is 5.73 Å². The Morgan fingerprint density at radius 3 is 2.63 bits per heavy atom. The third kappa shape index (κ3) is 3.16. The number of anilines is 1. The van der Waals surface area contributed by atoms with Crippen molar-refractivity contribution in [3.8, 4) is 0 Å². The molecule has 0 aliphatic carbocycles. The second-order valence-corrected chi connectivity index (χ2v) is 3.94. The van der Waals surface area contributed by atoms with E-state index in [0.29, 0.717) is 22.7 Å². The Balaban J connectivity index is 2.11. The number of benzene rings is 1. The third-order valence-corrected chi connectivity index (χ3v) is 2.57. The molecular formula is C14H14N4O. The molecule has 19 heavy (non-hydrogen) atoms. The van der Waals surface area contributed by atoms with Crippen molar-refractivity contribution in [1.82, 2.24) is 10.4 Å². The lowest BCUT2D eigenvalue weighted by Gasteiger charge is -2.04. The second kappa shape index (κ2) is 5.77. The molecular weight excluding hydrogens is 240 g/mol. The Kier molecular flexibility index (Phi) is 3.87. The van der Waals surface area contributed by atoms with E-state index in [2.05, 4.69) is 15.5 Å². The van der Waals surface area contributed by atoms with Crippen LogP contribution >= 0.6 is 0 Å². The molecule has 0 aliphatic rings. The van der Waals surface area contributed by atoms with Crippen LogP contribution in [0.3, 0.4) is 0 Å². The van der Waals surface area contributed by atoms with Crippen LogP contribution in [0.2, 0.25) is 0 Å². The van der Waals surface area contributed by atoms with Crippen molar-refractivity contribution >= 4 is 17.3 Å². The summed E-state index contributed by atoms with van der Waals surface area (Å²) in [6.45, 7) is 1.77. The third-order valence-electron chi connectivity index (χ3n) is 2.57. The van der Waals surface area contributed by atoms with E-state index in [1.165, 1.54) is 0 Å². The number of rotatable bonds is 3. The standard InChI is InChI=1S/C14H14N4O/c1-10(13-8-4-5-9-16-13)17-18-14(19)11-6-2-3-7-12(11)15/h2-9H,15H2,1H3,(H,18,19). The molecule has 2 rings (SSSR count). The van der Waals surface area contributed by atoms with Gasteiger partial charge in [-0.25, -0.2) is 5.43 Å². The highest BCUT2D eigenvalue weighted by molar-refractivity contribution is 6.01. The lowest BCUT2D eigenvalue weighted by molar-refractivity contribution is 0.0955. The Hall–Kier alpha value is -2.69. The first-order valence-electron chi connectivity index (χ1n) is 5.79. The average molecular weight is 254 g/mol. The molecule has 0 atom stereocenters. The topological polar surface area (TPSA) is 80.4 Å². The molecule has 0 fully saturated rings. The van der Waals surface area contributed by atoms with E-state index in [1.54, 1.807) is 37.4 Å². The lowest BCUT2D eigenvalue weighted by Crippen LogP contribution is -2.20. The Morgan fingerprint density at radius 2 is 1.95 bits per heavy atom. The quantitative estimate of drug-likeness (QED) is 0.498. The van der Waals surface area contributed by atoms with Crippen LogP contribution in [0.1, 0.15) is 23.0 Å². The number of hydrogen-bond acceptors (Lipinski definition) is 4. The van der Waals surface area contributed by atoms with Gasteiger partial charge in [0.1, 0.15) is 0 Å².